The summed E-state index contributed by atoms with van der Waals surface area (Å²) in [5, 5.41) is 3.43. The minimum atomic E-state index is -0.356. The fourth-order valence-corrected chi connectivity index (χ4v) is 4.75. The van der Waals surface area contributed by atoms with E-state index < -0.39 is 0 Å². The van der Waals surface area contributed by atoms with Crippen LogP contribution < -0.4 is 29.2 Å². The zero-order valence-electron chi connectivity index (χ0n) is 19.4. The molecule has 0 aliphatic carbocycles. The van der Waals surface area contributed by atoms with Crippen LogP contribution in [-0.2, 0) is 4.74 Å². The van der Waals surface area contributed by atoms with Crippen molar-refractivity contribution in [2.45, 2.75) is 18.4 Å². The van der Waals surface area contributed by atoms with Crippen LogP contribution in [0, 0.1) is 0 Å². The van der Waals surface area contributed by atoms with Crippen molar-refractivity contribution >= 4 is 22.8 Å². The summed E-state index contributed by atoms with van der Waals surface area (Å²) < 4.78 is 28.0. The topological polar surface area (TPSA) is 104 Å². The van der Waals surface area contributed by atoms with Gasteiger partial charge in [-0.2, -0.15) is 0 Å². The molecule has 0 saturated carbocycles. The van der Waals surface area contributed by atoms with Crippen molar-refractivity contribution in [1.29, 1.82) is 0 Å². The van der Waals surface area contributed by atoms with Gasteiger partial charge < -0.3 is 29.0 Å². The summed E-state index contributed by atoms with van der Waals surface area (Å²) in [6.07, 6.45) is 2.03. The maximum Gasteiger partial charge on any atom is 0.414 e. The van der Waals surface area contributed by atoms with Crippen molar-refractivity contribution in [3.63, 3.8) is 0 Å². The number of cyclic esters (lactones) is 1. The van der Waals surface area contributed by atoms with Crippen LogP contribution in [0.15, 0.2) is 36.5 Å². The fourth-order valence-electron chi connectivity index (χ4n) is 4.75. The van der Waals surface area contributed by atoms with Crippen molar-refractivity contribution in [3.05, 3.63) is 42.1 Å². The smallest absolute Gasteiger partial charge is 0.414 e. The molecule has 2 atom stereocenters. The zero-order chi connectivity index (χ0) is 23.8. The van der Waals surface area contributed by atoms with Gasteiger partial charge >= 0.3 is 6.09 Å². The number of hydrogen-bond donors (Lipinski definition) is 1. The molecule has 1 N–H and O–H groups in total. The molecule has 0 bridgehead atoms. The first-order valence-electron chi connectivity index (χ1n) is 11.7. The van der Waals surface area contributed by atoms with E-state index in [2.05, 4.69) is 15.3 Å². The number of nitrogens with one attached hydrogen (secondary N) is 1. The molecule has 0 unspecified atom stereocenters. The second-order valence-electron chi connectivity index (χ2n) is 8.70. The van der Waals surface area contributed by atoms with E-state index in [1.807, 2.05) is 30.3 Å². The van der Waals surface area contributed by atoms with Crippen LogP contribution in [0.1, 0.15) is 17.9 Å². The molecule has 182 valence electrons. The van der Waals surface area contributed by atoms with Gasteiger partial charge in [0.15, 0.2) is 11.5 Å². The number of amides is 1. The van der Waals surface area contributed by atoms with Gasteiger partial charge in [0.2, 0.25) is 5.88 Å². The summed E-state index contributed by atoms with van der Waals surface area (Å²) in [6, 6.07) is 9.23. The highest BCUT2D eigenvalue weighted by molar-refractivity contribution is 5.90. The van der Waals surface area contributed by atoms with E-state index >= 15 is 0 Å². The summed E-state index contributed by atoms with van der Waals surface area (Å²) in [7, 11) is 1.60. The molecule has 1 fully saturated rings. The number of anilines is 1. The summed E-state index contributed by atoms with van der Waals surface area (Å²) in [5.41, 5.74) is 3.46. The molecular weight excluding hydrogens is 452 g/mol. The molecule has 3 aliphatic heterocycles. The summed E-state index contributed by atoms with van der Waals surface area (Å²) >= 11 is 0. The molecule has 3 aliphatic rings. The largest absolute Gasteiger partial charge is 0.491 e. The van der Waals surface area contributed by atoms with E-state index in [4.69, 9.17) is 23.7 Å². The quantitative estimate of drug-likeness (QED) is 0.513. The van der Waals surface area contributed by atoms with Gasteiger partial charge in [-0.1, -0.05) is 0 Å². The third-order valence-electron chi connectivity index (χ3n) is 6.50. The van der Waals surface area contributed by atoms with Crippen molar-refractivity contribution in [1.82, 2.24) is 15.3 Å². The minimum absolute atomic E-state index is 0.197. The third kappa shape index (κ3) is 4.14. The molecule has 10 nitrogen and oxygen atoms in total. The van der Waals surface area contributed by atoms with Crippen molar-refractivity contribution in [3.8, 4) is 23.1 Å². The molecule has 1 aromatic carbocycles. The second kappa shape index (κ2) is 9.10. The van der Waals surface area contributed by atoms with Crippen LogP contribution >= 0.6 is 0 Å². The molecular formula is C25H26N4O6. The average molecular weight is 479 g/mol. The normalized spacial score (nSPS) is 20.5. The van der Waals surface area contributed by atoms with Crippen LogP contribution in [0.25, 0.3) is 11.0 Å². The Morgan fingerprint density at radius 1 is 1.11 bits per heavy atom. The molecule has 35 heavy (non-hydrogen) atoms. The third-order valence-corrected chi connectivity index (χ3v) is 6.50. The lowest BCUT2D eigenvalue weighted by Gasteiger charge is -2.21. The van der Waals surface area contributed by atoms with Crippen LogP contribution in [0.5, 0.6) is 23.1 Å². The fraction of sp³-hybridized carbons (Fsp3) is 0.400. The van der Waals surface area contributed by atoms with Crippen LogP contribution in [0.2, 0.25) is 0 Å². The van der Waals surface area contributed by atoms with Gasteiger partial charge in [0.05, 0.1) is 37.7 Å². The first-order chi connectivity index (χ1) is 17.2. The Bertz CT molecular complexity index is 1270. The van der Waals surface area contributed by atoms with Gasteiger partial charge in [-0.3, -0.25) is 9.88 Å². The van der Waals surface area contributed by atoms with Crippen LogP contribution in [0.3, 0.4) is 0 Å². The highest BCUT2D eigenvalue weighted by Gasteiger charge is 2.33. The van der Waals surface area contributed by atoms with E-state index in [1.54, 1.807) is 18.2 Å². The molecule has 1 amide bonds. The molecule has 6 rings (SSSR count). The molecule has 3 aromatic rings. The lowest BCUT2D eigenvalue weighted by molar-refractivity contribution is 0.140. The Labute approximate surface area is 202 Å². The lowest BCUT2D eigenvalue weighted by atomic mass is 9.97. The molecule has 2 aromatic heterocycles. The van der Waals surface area contributed by atoms with E-state index in [0.29, 0.717) is 50.3 Å². The molecule has 1 saturated heterocycles. The number of carbonyl (C=O) groups is 1. The number of fused-ring (bicyclic) bond motifs is 4. The SMILES string of the molecule is COc1ccc2ncc3c(c2n1)[C@@H](CCNC[C@@H]1CN(c2ccc4c(c2)OCCO4)C(=O)O1)CO3. The first kappa shape index (κ1) is 21.7. The molecule has 5 heterocycles. The van der Waals surface area contributed by atoms with Crippen molar-refractivity contribution in [2.24, 2.45) is 0 Å². The number of carbonyl (C=O) groups excluding carboxylic acids is 1. The molecule has 10 heteroatoms. The van der Waals surface area contributed by atoms with Crippen LogP contribution in [-0.4, -0.2) is 68.7 Å². The molecule has 0 spiro atoms. The Balaban J connectivity index is 1.05. The maximum absolute atomic E-state index is 12.5. The Morgan fingerprint density at radius 3 is 2.89 bits per heavy atom. The monoisotopic (exact) mass is 478 g/mol. The first-order valence-corrected chi connectivity index (χ1v) is 11.7. The van der Waals surface area contributed by atoms with Gasteiger partial charge in [0.25, 0.3) is 0 Å². The number of rotatable bonds is 7. The van der Waals surface area contributed by atoms with Gasteiger partial charge in [-0.05, 0) is 31.2 Å². The Kier molecular flexibility index (Phi) is 5.65. The summed E-state index contributed by atoms with van der Waals surface area (Å²) in [5.74, 6) is 2.88. The van der Waals surface area contributed by atoms with Gasteiger partial charge in [0.1, 0.15) is 30.6 Å². The number of ether oxygens (including phenoxy) is 5. The van der Waals surface area contributed by atoms with Crippen molar-refractivity contribution in [2.75, 3.05) is 51.5 Å². The highest BCUT2D eigenvalue weighted by Crippen LogP contribution is 2.40. The van der Waals surface area contributed by atoms with E-state index in [-0.39, 0.29) is 18.1 Å². The Morgan fingerprint density at radius 2 is 2.00 bits per heavy atom. The molecule has 0 radical (unpaired) electrons. The lowest BCUT2D eigenvalue weighted by Crippen LogP contribution is -2.32. The zero-order valence-corrected chi connectivity index (χ0v) is 19.4. The summed E-state index contributed by atoms with van der Waals surface area (Å²) in [6.45, 7) is 3.41. The number of nitrogens with zero attached hydrogens (tertiary/aromatic N) is 3. The van der Waals surface area contributed by atoms with Crippen LogP contribution in [0.4, 0.5) is 10.5 Å². The average Bonchev–Trinajstić information content (AvgIpc) is 3.49. The predicted molar refractivity (Wildman–Crippen MR) is 127 cm³/mol. The predicted octanol–water partition coefficient (Wildman–Crippen LogP) is 2.89. The number of benzene rings is 1. The highest BCUT2D eigenvalue weighted by atomic mass is 16.6. The number of pyridine rings is 2. The standard InChI is InChI=1S/C25H26N4O6/c1-31-22-5-3-18-24(28-22)23-15(14-34-21(23)12-27-18)6-7-26-11-17-13-29(25(30)35-17)16-2-4-19-20(10-16)33-9-8-32-19/h2-5,10,12,15,17,26H,6-9,11,13-14H2,1H3/t15-,17+/m0/s1. The number of methoxy groups -OCH3 is 1. The van der Waals surface area contributed by atoms with Gasteiger partial charge in [-0.15, -0.1) is 0 Å². The van der Waals surface area contributed by atoms with E-state index in [9.17, 15) is 4.79 Å². The van der Waals surface area contributed by atoms with E-state index in [1.165, 1.54) is 0 Å². The van der Waals surface area contributed by atoms with E-state index in [0.717, 1.165) is 41.0 Å². The summed E-state index contributed by atoms with van der Waals surface area (Å²) in [4.78, 5) is 23.2. The number of hydrogen-bond acceptors (Lipinski definition) is 9. The minimum Gasteiger partial charge on any atom is -0.491 e. The van der Waals surface area contributed by atoms with Gasteiger partial charge in [-0.25, -0.2) is 9.78 Å². The Hall–Kier alpha value is -3.79. The van der Waals surface area contributed by atoms with Crippen molar-refractivity contribution < 1.29 is 28.5 Å². The second-order valence-corrected chi connectivity index (χ2v) is 8.70. The maximum atomic E-state index is 12.5. The van der Waals surface area contributed by atoms with Gasteiger partial charge in [0, 0.05) is 30.2 Å². The number of aromatic nitrogens is 2.